The van der Waals surface area contributed by atoms with Crippen molar-refractivity contribution in [2.24, 2.45) is 0 Å². The monoisotopic (exact) mass is 412 g/mol. The van der Waals surface area contributed by atoms with Crippen LogP contribution in [-0.2, 0) is 12.8 Å². The molecule has 0 atom stereocenters. The zero-order chi connectivity index (χ0) is 14.8. The number of benzene rings is 1. The zero-order valence-electron chi connectivity index (χ0n) is 11.1. The molecule has 2 amide bonds. The fourth-order valence-electron chi connectivity index (χ4n) is 2.29. The lowest BCUT2D eigenvalue weighted by atomic mass is 10.2. The van der Waals surface area contributed by atoms with Crippen molar-refractivity contribution in [1.82, 2.24) is 10.9 Å². The topological polar surface area (TPSA) is 58.2 Å². The van der Waals surface area contributed by atoms with E-state index in [4.69, 9.17) is 0 Å². The van der Waals surface area contributed by atoms with Crippen LogP contribution in [0.15, 0.2) is 30.3 Å². The third-order valence-corrected chi connectivity index (χ3v) is 5.32. The first-order valence-corrected chi connectivity index (χ1v) is 8.51. The Morgan fingerprint density at radius 2 is 1.76 bits per heavy atom. The normalized spacial score (nSPS) is 12.8. The second kappa shape index (κ2) is 6.15. The Morgan fingerprint density at radius 1 is 1.05 bits per heavy atom. The van der Waals surface area contributed by atoms with Crippen LogP contribution >= 0.6 is 33.9 Å². The third-order valence-electron chi connectivity index (χ3n) is 3.37. The molecule has 21 heavy (non-hydrogen) atoms. The van der Waals surface area contributed by atoms with Gasteiger partial charge in [-0.3, -0.25) is 20.4 Å². The number of hydrogen-bond acceptors (Lipinski definition) is 3. The molecule has 2 N–H and O–H groups in total. The minimum Gasteiger partial charge on any atom is -0.267 e. The van der Waals surface area contributed by atoms with E-state index in [9.17, 15) is 9.59 Å². The first-order valence-electron chi connectivity index (χ1n) is 6.61. The first kappa shape index (κ1) is 14.5. The number of carbonyl (C=O) groups is 2. The van der Waals surface area contributed by atoms with Crippen molar-refractivity contribution in [3.8, 4) is 0 Å². The molecular weight excluding hydrogens is 399 g/mol. The summed E-state index contributed by atoms with van der Waals surface area (Å²) in [6.07, 6.45) is 3.28. The van der Waals surface area contributed by atoms with Gasteiger partial charge in [-0.1, -0.05) is 0 Å². The van der Waals surface area contributed by atoms with Gasteiger partial charge in [0.1, 0.15) is 0 Å². The molecule has 1 aromatic carbocycles. The largest absolute Gasteiger partial charge is 0.279 e. The van der Waals surface area contributed by atoms with Crippen LogP contribution in [0, 0.1) is 3.57 Å². The quantitative estimate of drug-likeness (QED) is 0.589. The maximum atomic E-state index is 12.0. The van der Waals surface area contributed by atoms with Crippen molar-refractivity contribution < 1.29 is 9.59 Å². The molecule has 0 aliphatic heterocycles. The summed E-state index contributed by atoms with van der Waals surface area (Å²) in [6.45, 7) is 0. The van der Waals surface area contributed by atoms with Gasteiger partial charge in [0.2, 0.25) is 0 Å². The molecule has 0 spiro atoms. The van der Waals surface area contributed by atoms with Crippen molar-refractivity contribution in [1.29, 1.82) is 0 Å². The second-order valence-electron chi connectivity index (χ2n) is 4.83. The van der Waals surface area contributed by atoms with Gasteiger partial charge in [0, 0.05) is 14.0 Å². The third kappa shape index (κ3) is 3.26. The molecule has 0 unspecified atom stereocenters. The SMILES string of the molecule is O=C(NNC(=O)c1cc2c(s1)CCC2)c1ccc(I)cc1. The van der Waals surface area contributed by atoms with E-state index in [0.717, 1.165) is 16.4 Å². The molecule has 0 fully saturated rings. The predicted octanol–water partition coefficient (Wildman–Crippen LogP) is 2.92. The lowest BCUT2D eigenvalue weighted by molar-refractivity contribution is 0.0849. The minimum absolute atomic E-state index is 0.256. The fourth-order valence-corrected chi connectivity index (χ4v) is 3.80. The second-order valence-corrected chi connectivity index (χ2v) is 7.21. The summed E-state index contributed by atoms with van der Waals surface area (Å²) in [5, 5.41) is 0. The minimum atomic E-state index is -0.316. The number of aryl methyl sites for hydroxylation is 2. The fraction of sp³-hybridized carbons (Fsp3) is 0.200. The summed E-state index contributed by atoms with van der Waals surface area (Å²) in [4.78, 5) is 25.9. The van der Waals surface area contributed by atoms with Crippen LogP contribution in [0.4, 0.5) is 0 Å². The Kier molecular flexibility index (Phi) is 4.25. The summed E-state index contributed by atoms with van der Waals surface area (Å²) in [6, 6.07) is 9.08. The maximum absolute atomic E-state index is 12.0. The summed E-state index contributed by atoms with van der Waals surface area (Å²) < 4.78 is 1.06. The molecule has 108 valence electrons. The van der Waals surface area contributed by atoms with Gasteiger partial charge in [-0.25, -0.2) is 0 Å². The Hall–Kier alpha value is -1.41. The standard InChI is InChI=1S/C15H13IN2O2S/c16-11-6-4-9(5-7-11)14(19)17-18-15(20)13-8-10-2-1-3-12(10)21-13/h4-8H,1-3H2,(H,17,19)(H,18,20). The molecule has 6 heteroatoms. The van der Waals surface area contributed by atoms with E-state index in [0.29, 0.717) is 10.4 Å². The van der Waals surface area contributed by atoms with Crippen molar-refractivity contribution in [3.05, 3.63) is 54.8 Å². The summed E-state index contributed by atoms with van der Waals surface area (Å²) in [7, 11) is 0. The number of hydrogen-bond donors (Lipinski definition) is 2. The highest BCUT2D eigenvalue weighted by Crippen LogP contribution is 2.30. The van der Waals surface area contributed by atoms with E-state index in [-0.39, 0.29) is 11.8 Å². The van der Waals surface area contributed by atoms with E-state index in [1.807, 2.05) is 18.2 Å². The predicted molar refractivity (Wildman–Crippen MR) is 90.4 cm³/mol. The van der Waals surface area contributed by atoms with E-state index in [1.54, 1.807) is 12.1 Å². The van der Waals surface area contributed by atoms with E-state index in [2.05, 4.69) is 33.4 Å². The van der Waals surface area contributed by atoms with Gasteiger partial charge in [0.05, 0.1) is 4.88 Å². The van der Waals surface area contributed by atoms with Crippen molar-refractivity contribution >= 4 is 45.7 Å². The van der Waals surface area contributed by atoms with Crippen LogP contribution in [-0.4, -0.2) is 11.8 Å². The molecular formula is C15H13IN2O2S. The number of thiophene rings is 1. The van der Waals surface area contributed by atoms with Crippen molar-refractivity contribution in [3.63, 3.8) is 0 Å². The highest BCUT2D eigenvalue weighted by molar-refractivity contribution is 14.1. The number of carbonyl (C=O) groups excluding carboxylic acids is 2. The van der Waals surface area contributed by atoms with Crippen molar-refractivity contribution in [2.45, 2.75) is 19.3 Å². The number of fused-ring (bicyclic) bond motifs is 1. The highest BCUT2D eigenvalue weighted by Gasteiger charge is 2.18. The number of halogens is 1. The average molecular weight is 412 g/mol. The molecule has 4 nitrogen and oxygen atoms in total. The lowest BCUT2D eigenvalue weighted by Gasteiger charge is -2.06. The van der Waals surface area contributed by atoms with E-state index >= 15 is 0 Å². The van der Waals surface area contributed by atoms with E-state index < -0.39 is 0 Å². The van der Waals surface area contributed by atoms with E-state index in [1.165, 1.54) is 28.2 Å². The van der Waals surface area contributed by atoms with Gasteiger partial charge in [-0.05, 0) is 77.7 Å². The van der Waals surface area contributed by atoms with Gasteiger partial charge in [-0.2, -0.15) is 0 Å². The molecule has 1 aliphatic rings. The van der Waals surface area contributed by atoms with Gasteiger partial charge < -0.3 is 0 Å². The molecule has 0 radical (unpaired) electrons. The van der Waals surface area contributed by atoms with Crippen LogP contribution in [0.2, 0.25) is 0 Å². The van der Waals surface area contributed by atoms with Crippen molar-refractivity contribution in [2.75, 3.05) is 0 Å². The smallest absolute Gasteiger partial charge is 0.267 e. The average Bonchev–Trinajstić information content (AvgIpc) is 3.06. The molecule has 2 aromatic rings. The van der Waals surface area contributed by atoms with Crippen LogP contribution in [0.1, 0.15) is 36.9 Å². The summed E-state index contributed by atoms with van der Waals surface area (Å²) >= 11 is 3.69. The lowest BCUT2D eigenvalue weighted by Crippen LogP contribution is -2.41. The van der Waals surface area contributed by atoms with Crippen LogP contribution in [0.5, 0.6) is 0 Å². The summed E-state index contributed by atoms with van der Waals surface area (Å²) in [5.41, 5.74) is 6.71. The van der Waals surface area contributed by atoms with Gasteiger partial charge in [0.15, 0.2) is 0 Å². The molecule has 0 saturated carbocycles. The van der Waals surface area contributed by atoms with Crippen LogP contribution < -0.4 is 10.9 Å². The number of amides is 2. The molecule has 0 saturated heterocycles. The number of nitrogens with one attached hydrogen (secondary N) is 2. The Morgan fingerprint density at radius 3 is 2.48 bits per heavy atom. The maximum Gasteiger partial charge on any atom is 0.279 e. The number of hydrazine groups is 1. The Balaban J connectivity index is 1.60. The van der Waals surface area contributed by atoms with Crippen LogP contribution in [0.25, 0.3) is 0 Å². The Bertz CT molecular complexity index is 673. The molecule has 3 rings (SSSR count). The number of rotatable bonds is 2. The highest BCUT2D eigenvalue weighted by atomic mass is 127. The van der Waals surface area contributed by atoms with Crippen LogP contribution in [0.3, 0.4) is 0 Å². The molecule has 0 bridgehead atoms. The van der Waals surface area contributed by atoms with Gasteiger partial charge in [0.25, 0.3) is 11.8 Å². The zero-order valence-corrected chi connectivity index (χ0v) is 14.1. The molecule has 1 aliphatic carbocycles. The molecule has 1 heterocycles. The first-order chi connectivity index (χ1) is 10.1. The molecule has 1 aromatic heterocycles. The Labute approximate surface area is 140 Å². The van der Waals surface area contributed by atoms with Gasteiger partial charge in [-0.15, -0.1) is 11.3 Å². The summed E-state index contributed by atoms with van der Waals surface area (Å²) in [5.74, 6) is -0.572. The van der Waals surface area contributed by atoms with Gasteiger partial charge >= 0.3 is 0 Å².